The van der Waals surface area contributed by atoms with E-state index >= 15 is 0 Å². The third kappa shape index (κ3) is 3.88. The van der Waals surface area contributed by atoms with Crippen molar-refractivity contribution < 1.29 is 23.5 Å². The molecule has 1 N–H and O–H groups in total. The number of aryl methyl sites for hydroxylation is 1. The van der Waals surface area contributed by atoms with Gasteiger partial charge in [0.1, 0.15) is 12.3 Å². The van der Waals surface area contributed by atoms with Gasteiger partial charge in [-0.15, -0.1) is 0 Å². The topological polar surface area (TPSA) is 88.8 Å². The second kappa shape index (κ2) is 7.21. The van der Waals surface area contributed by atoms with E-state index in [0.717, 1.165) is 0 Å². The molecular formula is C18H18N2O5. The van der Waals surface area contributed by atoms with E-state index in [4.69, 9.17) is 9.15 Å². The molecule has 0 saturated heterocycles. The molecule has 25 heavy (non-hydrogen) atoms. The quantitative estimate of drug-likeness (QED) is 0.841. The lowest BCUT2D eigenvalue weighted by atomic mass is 10.1. The van der Waals surface area contributed by atoms with Gasteiger partial charge >= 0.3 is 5.97 Å². The molecule has 1 aromatic heterocycles. The molecule has 0 fully saturated rings. The fraction of sp³-hybridized carbons (Fsp3) is 0.278. The number of nitrogens with one attached hydrogen (secondary N) is 1. The minimum absolute atomic E-state index is 0.107. The van der Waals surface area contributed by atoms with Crippen LogP contribution in [0.1, 0.15) is 19.1 Å². The molecule has 2 aromatic rings. The number of esters is 1. The van der Waals surface area contributed by atoms with Crippen molar-refractivity contribution in [2.45, 2.75) is 25.9 Å². The number of rotatable bonds is 5. The van der Waals surface area contributed by atoms with Crippen LogP contribution in [0, 0.1) is 0 Å². The van der Waals surface area contributed by atoms with Gasteiger partial charge in [-0.2, -0.15) is 0 Å². The molecule has 0 spiro atoms. The standard InChI is InChI=1S/C18H18N2O5/c1-12(25-17(22)9-8-13-5-4-10-24-13)18(23)20-11-16(21)19-14-6-2-3-7-15(14)20/h2-7,10,12H,8-9,11H2,1H3,(H,19,21)/t12-/m1/s1. The Morgan fingerprint density at radius 3 is 2.84 bits per heavy atom. The number of amides is 2. The van der Waals surface area contributed by atoms with E-state index < -0.39 is 18.0 Å². The van der Waals surface area contributed by atoms with Crippen LogP contribution in [0.25, 0.3) is 0 Å². The first-order chi connectivity index (χ1) is 12.0. The molecule has 0 bridgehead atoms. The van der Waals surface area contributed by atoms with Crippen LogP contribution in [0.3, 0.4) is 0 Å². The second-order valence-corrected chi connectivity index (χ2v) is 5.70. The molecule has 7 nitrogen and oxygen atoms in total. The fourth-order valence-electron chi connectivity index (χ4n) is 2.64. The summed E-state index contributed by atoms with van der Waals surface area (Å²) < 4.78 is 10.4. The monoisotopic (exact) mass is 342 g/mol. The number of carbonyl (C=O) groups is 3. The zero-order chi connectivity index (χ0) is 17.8. The predicted octanol–water partition coefficient (Wildman–Crippen LogP) is 2.13. The molecular weight excluding hydrogens is 324 g/mol. The minimum atomic E-state index is -0.983. The van der Waals surface area contributed by atoms with Crippen LogP contribution in [0.4, 0.5) is 11.4 Å². The molecule has 130 valence electrons. The van der Waals surface area contributed by atoms with Crippen LogP contribution in [-0.2, 0) is 25.5 Å². The lowest BCUT2D eigenvalue weighted by Gasteiger charge is -2.30. The van der Waals surface area contributed by atoms with Crippen LogP contribution in [0.15, 0.2) is 47.1 Å². The molecule has 0 unspecified atom stereocenters. The van der Waals surface area contributed by atoms with Crippen LogP contribution < -0.4 is 10.2 Å². The third-order valence-electron chi connectivity index (χ3n) is 3.85. The van der Waals surface area contributed by atoms with Crippen LogP contribution in [0.5, 0.6) is 0 Å². The Kier molecular flexibility index (Phi) is 4.83. The summed E-state index contributed by atoms with van der Waals surface area (Å²) in [6.07, 6.45) is 1.07. The fourth-order valence-corrected chi connectivity index (χ4v) is 2.64. The van der Waals surface area contributed by atoms with Crippen molar-refractivity contribution in [1.82, 2.24) is 0 Å². The van der Waals surface area contributed by atoms with Crippen molar-refractivity contribution in [3.63, 3.8) is 0 Å². The van der Waals surface area contributed by atoms with Crippen molar-refractivity contribution in [3.05, 3.63) is 48.4 Å². The van der Waals surface area contributed by atoms with Crippen LogP contribution >= 0.6 is 0 Å². The largest absolute Gasteiger partial charge is 0.469 e. The van der Waals surface area contributed by atoms with Gasteiger partial charge in [0.15, 0.2) is 6.10 Å². The van der Waals surface area contributed by atoms with E-state index in [0.29, 0.717) is 23.6 Å². The maximum Gasteiger partial charge on any atom is 0.307 e. The summed E-state index contributed by atoms with van der Waals surface area (Å²) in [4.78, 5) is 37.7. The first-order valence-electron chi connectivity index (χ1n) is 7.96. The number of hydrogen-bond donors (Lipinski definition) is 1. The molecule has 1 aliphatic heterocycles. The smallest absolute Gasteiger partial charge is 0.307 e. The SMILES string of the molecule is C[C@@H](OC(=O)CCc1ccco1)C(=O)N1CC(=O)Nc2ccccc21. The Hall–Kier alpha value is -3.09. The zero-order valence-corrected chi connectivity index (χ0v) is 13.7. The van der Waals surface area contributed by atoms with Crippen molar-refractivity contribution in [2.75, 3.05) is 16.8 Å². The predicted molar refractivity (Wildman–Crippen MR) is 90.0 cm³/mol. The molecule has 3 rings (SSSR count). The molecule has 1 aromatic carbocycles. The van der Waals surface area contributed by atoms with Crippen molar-refractivity contribution >= 4 is 29.2 Å². The first kappa shape index (κ1) is 16.8. The summed E-state index contributed by atoms with van der Waals surface area (Å²) in [5.41, 5.74) is 1.15. The third-order valence-corrected chi connectivity index (χ3v) is 3.85. The normalized spacial score (nSPS) is 14.4. The molecule has 2 amide bonds. The van der Waals surface area contributed by atoms with Gasteiger partial charge in [0.05, 0.1) is 24.1 Å². The number of benzene rings is 1. The summed E-state index contributed by atoms with van der Waals surface area (Å²) in [7, 11) is 0. The Balaban J connectivity index is 1.62. The number of nitrogens with zero attached hydrogens (tertiary/aromatic N) is 1. The van der Waals surface area contributed by atoms with E-state index in [1.54, 1.807) is 36.4 Å². The number of para-hydroxylation sites is 2. The van der Waals surface area contributed by atoms with Crippen LogP contribution in [-0.4, -0.2) is 30.4 Å². The maximum absolute atomic E-state index is 12.6. The van der Waals surface area contributed by atoms with Crippen molar-refractivity contribution in [1.29, 1.82) is 0 Å². The first-order valence-corrected chi connectivity index (χ1v) is 7.96. The molecule has 0 saturated carbocycles. The Bertz CT molecular complexity index is 785. The highest BCUT2D eigenvalue weighted by Gasteiger charge is 2.31. The van der Waals surface area contributed by atoms with Crippen molar-refractivity contribution in [3.8, 4) is 0 Å². The summed E-state index contributed by atoms with van der Waals surface area (Å²) >= 11 is 0. The average Bonchev–Trinajstić information content (AvgIpc) is 3.12. The molecule has 2 heterocycles. The molecule has 0 radical (unpaired) electrons. The van der Waals surface area contributed by atoms with E-state index in [9.17, 15) is 14.4 Å². The van der Waals surface area contributed by atoms with Gasteiger partial charge in [0, 0.05) is 6.42 Å². The minimum Gasteiger partial charge on any atom is -0.469 e. The number of hydrogen-bond acceptors (Lipinski definition) is 5. The molecule has 1 aliphatic rings. The van der Waals surface area contributed by atoms with Crippen LogP contribution in [0.2, 0.25) is 0 Å². The highest BCUT2D eigenvalue weighted by Crippen LogP contribution is 2.29. The molecule has 1 atom stereocenters. The maximum atomic E-state index is 12.6. The molecule has 7 heteroatoms. The number of fused-ring (bicyclic) bond motifs is 1. The second-order valence-electron chi connectivity index (χ2n) is 5.70. The van der Waals surface area contributed by atoms with Gasteiger partial charge in [0.2, 0.25) is 5.91 Å². The van der Waals surface area contributed by atoms with E-state index in [1.807, 2.05) is 0 Å². The summed E-state index contributed by atoms with van der Waals surface area (Å²) in [5.74, 6) is -0.540. The number of ether oxygens (including phenoxy) is 1. The van der Waals surface area contributed by atoms with Gasteiger partial charge in [-0.1, -0.05) is 12.1 Å². The number of carbonyl (C=O) groups excluding carboxylic acids is 3. The summed E-state index contributed by atoms with van der Waals surface area (Å²) in [6, 6.07) is 10.5. The van der Waals surface area contributed by atoms with E-state index in [2.05, 4.69) is 5.32 Å². The number of anilines is 2. The van der Waals surface area contributed by atoms with Gasteiger partial charge in [-0.25, -0.2) is 0 Å². The summed E-state index contributed by atoms with van der Waals surface area (Å²) in [6.45, 7) is 1.40. The summed E-state index contributed by atoms with van der Waals surface area (Å²) in [5, 5.41) is 2.71. The van der Waals surface area contributed by atoms with Gasteiger partial charge in [0.25, 0.3) is 5.91 Å². The highest BCUT2D eigenvalue weighted by molar-refractivity contribution is 6.11. The Morgan fingerprint density at radius 1 is 1.28 bits per heavy atom. The average molecular weight is 342 g/mol. The van der Waals surface area contributed by atoms with E-state index in [-0.39, 0.29) is 18.9 Å². The Labute approximate surface area is 144 Å². The lowest BCUT2D eigenvalue weighted by molar-refractivity contribution is -0.153. The van der Waals surface area contributed by atoms with Gasteiger partial charge in [-0.3, -0.25) is 19.3 Å². The number of furan rings is 1. The Morgan fingerprint density at radius 2 is 2.08 bits per heavy atom. The zero-order valence-electron chi connectivity index (χ0n) is 13.7. The van der Waals surface area contributed by atoms with Gasteiger partial charge < -0.3 is 14.5 Å². The lowest BCUT2D eigenvalue weighted by Crippen LogP contribution is -2.47. The molecule has 0 aliphatic carbocycles. The van der Waals surface area contributed by atoms with E-state index in [1.165, 1.54) is 18.1 Å². The van der Waals surface area contributed by atoms with Crippen molar-refractivity contribution in [2.24, 2.45) is 0 Å². The highest BCUT2D eigenvalue weighted by atomic mass is 16.5. The van der Waals surface area contributed by atoms with Gasteiger partial charge in [-0.05, 0) is 31.2 Å².